The van der Waals surface area contributed by atoms with Crippen LogP contribution in [-0.2, 0) is 8.85 Å². The minimum Gasteiger partial charge on any atom is -0.394 e. The number of rotatable bonds is 5. The molecular weight excluding hydrogens is 222 g/mol. The van der Waals surface area contributed by atoms with Gasteiger partial charge in [-0.05, 0) is 25.6 Å². The molecule has 0 fully saturated rings. The van der Waals surface area contributed by atoms with E-state index in [0.717, 1.165) is 5.20 Å². The van der Waals surface area contributed by atoms with E-state index in [0.29, 0.717) is 5.57 Å². The van der Waals surface area contributed by atoms with Crippen LogP contribution in [0.4, 0.5) is 0 Å². The third kappa shape index (κ3) is 3.24. The zero-order valence-electron chi connectivity index (χ0n) is 10.7. The molecule has 0 saturated heterocycles. The largest absolute Gasteiger partial charge is 0.394 e. The minimum atomic E-state index is -2.47. The Morgan fingerprint density at radius 3 is 1.69 bits per heavy atom. The molecule has 16 heavy (non-hydrogen) atoms. The molecule has 0 heterocycles. The number of hydrogen-bond acceptors (Lipinski definition) is 5. The summed E-state index contributed by atoms with van der Waals surface area (Å²) < 4.78 is 10.9. The summed E-state index contributed by atoms with van der Waals surface area (Å²) in [5.74, 6) is -1.39. The Morgan fingerprint density at radius 1 is 1.06 bits per heavy atom. The number of nitrogens with two attached hydrogens (primary N) is 3. The van der Waals surface area contributed by atoms with Crippen LogP contribution >= 0.6 is 0 Å². The molecule has 0 unspecified atom stereocenters. The molecule has 0 aliphatic heterocycles. The standard InChI is InChI=1S/C10H23N3O2Si/c1-6-8(10(11,12)13)9(7-2)16(5,14-3)15-4/h6-7H,11-13H2,1-5H3. The molecular formula is C10H23N3O2Si. The second-order valence-electron chi connectivity index (χ2n) is 3.69. The highest BCUT2D eigenvalue weighted by atomic mass is 28.4. The van der Waals surface area contributed by atoms with Gasteiger partial charge in [0.15, 0.2) is 0 Å². The van der Waals surface area contributed by atoms with Gasteiger partial charge in [-0.15, -0.1) is 0 Å². The van der Waals surface area contributed by atoms with Crippen molar-refractivity contribution in [2.75, 3.05) is 14.2 Å². The van der Waals surface area contributed by atoms with E-state index in [4.69, 9.17) is 26.1 Å². The Labute approximate surface area is 98.5 Å². The molecule has 6 N–H and O–H groups in total. The lowest BCUT2D eigenvalue weighted by molar-refractivity contribution is 0.259. The molecule has 94 valence electrons. The van der Waals surface area contributed by atoms with Crippen LogP contribution in [0.5, 0.6) is 0 Å². The van der Waals surface area contributed by atoms with Crippen molar-refractivity contribution >= 4 is 8.56 Å². The van der Waals surface area contributed by atoms with Gasteiger partial charge in [0.1, 0.15) is 5.79 Å². The lowest BCUT2D eigenvalue weighted by atomic mass is 10.1. The number of allylic oxidation sites excluding steroid dienone is 2. The molecule has 6 heteroatoms. The summed E-state index contributed by atoms with van der Waals surface area (Å²) in [6, 6.07) is 0. The Hall–Kier alpha value is -0.503. The summed E-state index contributed by atoms with van der Waals surface area (Å²) in [7, 11) is 0.750. The van der Waals surface area contributed by atoms with Crippen LogP contribution in [0.3, 0.4) is 0 Å². The summed E-state index contributed by atoms with van der Waals surface area (Å²) >= 11 is 0. The van der Waals surface area contributed by atoms with Gasteiger partial charge in [-0.3, -0.25) is 17.2 Å². The molecule has 0 spiro atoms. The molecule has 0 atom stereocenters. The van der Waals surface area contributed by atoms with Crippen LogP contribution < -0.4 is 17.2 Å². The fourth-order valence-corrected chi connectivity index (χ4v) is 3.59. The van der Waals surface area contributed by atoms with Crippen LogP contribution in [-0.4, -0.2) is 28.6 Å². The average molecular weight is 245 g/mol. The monoisotopic (exact) mass is 245 g/mol. The van der Waals surface area contributed by atoms with Crippen LogP contribution in [0.15, 0.2) is 22.9 Å². The summed E-state index contributed by atoms with van der Waals surface area (Å²) in [6.45, 7) is 5.63. The predicted octanol–water partition coefficient (Wildman–Crippen LogP) is 0.313. The van der Waals surface area contributed by atoms with E-state index in [9.17, 15) is 0 Å². The van der Waals surface area contributed by atoms with Crippen molar-refractivity contribution in [2.45, 2.75) is 26.2 Å². The van der Waals surface area contributed by atoms with Gasteiger partial charge >= 0.3 is 8.56 Å². The maximum absolute atomic E-state index is 5.73. The molecule has 0 aromatic rings. The van der Waals surface area contributed by atoms with E-state index in [2.05, 4.69) is 0 Å². The van der Waals surface area contributed by atoms with Gasteiger partial charge in [0.2, 0.25) is 0 Å². The van der Waals surface area contributed by atoms with E-state index in [1.165, 1.54) is 0 Å². The molecule has 0 radical (unpaired) electrons. The third-order valence-corrected chi connectivity index (χ3v) is 5.70. The zero-order valence-corrected chi connectivity index (χ0v) is 11.7. The van der Waals surface area contributed by atoms with Crippen molar-refractivity contribution in [3.05, 3.63) is 22.9 Å². The average Bonchev–Trinajstić information content (AvgIpc) is 2.22. The van der Waals surface area contributed by atoms with E-state index >= 15 is 0 Å². The summed E-state index contributed by atoms with van der Waals surface area (Å²) in [6.07, 6.45) is 3.68. The van der Waals surface area contributed by atoms with Crippen molar-refractivity contribution in [3.63, 3.8) is 0 Å². The predicted molar refractivity (Wildman–Crippen MR) is 68.4 cm³/mol. The molecule has 0 bridgehead atoms. The first-order chi connectivity index (χ1) is 7.26. The Kier molecular flexibility index (Phi) is 5.53. The van der Waals surface area contributed by atoms with Crippen molar-refractivity contribution < 1.29 is 8.85 Å². The second kappa shape index (κ2) is 5.71. The maximum atomic E-state index is 5.73. The van der Waals surface area contributed by atoms with Crippen molar-refractivity contribution in [1.29, 1.82) is 0 Å². The normalized spacial score (nSPS) is 15.5. The molecule has 0 amide bonds. The van der Waals surface area contributed by atoms with Gasteiger partial charge in [-0.2, -0.15) is 0 Å². The highest BCUT2D eigenvalue weighted by Gasteiger charge is 2.39. The first kappa shape index (κ1) is 15.5. The van der Waals surface area contributed by atoms with Gasteiger partial charge in [0, 0.05) is 19.8 Å². The van der Waals surface area contributed by atoms with Gasteiger partial charge < -0.3 is 8.85 Å². The van der Waals surface area contributed by atoms with Crippen molar-refractivity contribution in [1.82, 2.24) is 0 Å². The summed E-state index contributed by atoms with van der Waals surface area (Å²) in [5.41, 5.74) is 17.8. The van der Waals surface area contributed by atoms with Crippen molar-refractivity contribution in [3.8, 4) is 0 Å². The van der Waals surface area contributed by atoms with Crippen molar-refractivity contribution in [2.24, 2.45) is 17.2 Å². The van der Waals surface area contributed by atoms with Gasteiger partial charge in [-0.1, -0.05) is 12.2 Å². The molecule has 0 aromatic heterocycles. The van der Waals surface area contributed by atoms with Gasteiger partial charge in [0.25, 0.3) is 0 Å². The topological polar surface area (TPSA) is 96.5 Å². The van der Waals surface area contributed by atoms with Gasteiger partial charge in [0.05, 0.1) is 0 Å². The lowest BCUT2D eigenvalue weighted by Gasteiger charge is -2.32. The quantitative estimate of drug-likeness (QED) is 0.368. The molecule has 0 saturated carbocycles. The van der Waals surface area contributed by atoms with E-state index in [1.807, 2.05) is 26.5 Å². The van der Waals surface area contributed by atoms with E-state index in [1.54, 1.807) is 20.3 Å². The molecule has 0 aliphatic carbocycles. The highest BCUT2D eigenvalue weighted by molar-refractivity contribution is 6.74. The first-order valence-electron chi connectivity index (χ1n) is 5.07. The summed E-state index contributed by atoms with van der Waals surface area (Å²) in [4.78, 5) is 0. The van der Waals surface area contributed by atoms with Crippen LogP contribution in [0.25, 0.3) is 0 Å². The molecule has 5 nitrogen and oxygen atoms in total. The van der Waals surface area contributed by atoms with Crippen LogP contribution in [0.2, 0.25) is 6.55 Å². The van der Waals surface area contributed by atoms with Crippen LogP contribution in [0, 0.1) is 0 Å². The summed E-state index contributed by atoms with van der Waals surface area (Å²) in [5, 5.41) is 0.854. The highest BCUT2D eigenvalue weighted by Crippen LogP contribution is 2.26. The van der Waals surface area contributed by atoms with E-state index in [-0.39, 0.29) is 0 Å². The third-order valence-electron chi connectivity index (χ3n) is 2.60. The first-order valence-corrected chi connectivity index (χ1v) is 7.39. The maximum Gasteiger partial charge on any atom is 0.368 e. The van der Waals surface area contributed by atoms with Gasteiger partial charge in [-0.25, -0.2) is 0 Å². The second-order valence-corrected chi connectivity index (χ2v) is 6.94. The molecule has 0 rings (SSSR count). The Morgan fingerprint density at radius 2 is 1.50 bits per heavy atom. The molecule has 0 aromatic carbocycles. The lowest BCUT2D eigenvalue weighted by Crippen LogP contribution is -2.61. The van der Waals surface area contributed by atoms with E-state index < -0.39 is 14.3 Å². The smallest absolute Gasteiger partial charge is 0.368 e. The Balaban J connectivity index is 5.48. The fourth-order valence-electron chi connectivity index (χ4n) is 1.60. The zero-order chi connectivity index (χ0) is 13.0. The Bertz CT molecular complexity index is 291. The SMILES string of the molecule is CC=C(C(=CC)[Si](C)(OC)OC)C(N)(N)N. The van der Waals surface area contributed by atoms with Crippen LogP contribution in [0.1, 0.15) is 13.8 Å². The minimum absolute atomic E-state index is 0.646. The fraction of sp³-hybridized carbons (Fsp3) is 0.600. The number of hydrogen-bond donors (Lipinski definition) is 3. The molecule has 0 aliphatic rings.